The van der Waals surface area contributed by atoms with Crippen LogP contribution in [0.25, 0.3) is 64.7 Å². The molecule has 260 valence electrons. The number of hydrogen-bond acceptors (Lipinski definition) is 2. The van der Waals surface area contributed by atoms with Crippen molar-refractivity contribution in [3.63, 3.8) is 0 Å². The summed E-state index contributed by atoms with van der Waals surface area (Å²) in [5, 5.41) is 2.66. The second-order valence-corrected chi connectivity index (χ2v) is 16.1. The summed E-state index contributed by atoms with van der Waals surface area (Å²) in [7, 11) is 0. The molecule has 0 spiro atoms. The zero-order valence-corrected chi connectivity index (χ0v) is 31.6. The van der Waals surface area contributed by atoms with E-state index in [1.54, 1.807) is 0 Å². The van der Waals surface area contributed by atoms with E-state index in [2.05, 4.69) is 220 Å². The van der Waals surface area contributed by atoms with Crippen LogP contribution >= 0.6 is 11.3 Å². The average Bonchev–Trinajstić information content (AvgIpc) is 3.61. The highest BCUT2D eigenvalue weighted by Crippen LogP contribution is 2.43. The Hall–Kier alpha value is -6.22. The predicted octanol–water partition coefficient (Wildman–Crippen LogP) is 15.5. The number of hydrogen-bond donors (Lipinski definition) is 0. The first-order chi connectivity index (χ1) is 26.4. The van der Waals surface area contributed by atoms with Gasteiger partial charge in [-0.25, -0.2) is 0 Å². The Morgan fingerprint density at radius 1 is 0.370 bits per heavy atom. The molecule has 9 aromatic rings. The fraction of sp³-hybridized carbons (Fsp3) is 0.0769. The molecular formula is C52H41NS. The molecule has 0 saturated carbocycles. The molecule has 8 aromatic carbocycles. The second-order valence-electron chi connectivity index (χ2n) is 15.0. The second kappa shape index (κ2) is 14.0. The van der Waals surface area contributed by atoms with Gasteiger partial charge >= 0.3 is 0 Å². The Morgan fingerprint density at radius 2 is 0.833 bits per heavy atom. The Kier molecular flexibility index (Phi) is 8.69. The highest BCUT2D eigenvalue weighted by Gasteiger charge is 2.21. The van der Waals surface area contributed by atoms with Gasteiger partial charge in [0.25, 0.3) is 0 Å². The lowest BCUT2D eigenvalue weighted by Crippen LogP contribution is -2.13. The van der Waals surface area contributed by atoms with Gasteiger partial charge in [0.1, 0.15) is 0 Å². The molecule has 1 aromatic heterocycles. The molecule has 54 heavy (non-hydrogen) atoms. The van der Waals surface area contributed by atoms with Crippen molar-refractivity contribution in [2.45, 2.75) is 26.2 Å². The normalized spacial score (nSPS) is 11.6. The summed E-state index contributed by atoms with van der Waals surface area (Å²) < 4.78 is 2.65. The van der Waals surface area contributed by atoms with Crippen molar-refractivity contribution in [3.05, 3.63) is 200 Å². The van der Waals surface area contributed by atoms with Crippen LogP contribution < -0.4 is 4.90 Å². The summed E-state index contributed by atoms with van der Waals surface area (Å²) >= 11 is 1.87. The smallest absolute Gasteiger partial charge is 0.0462 e. The minimum absolute atomic E-state index is 0.0211. The van der Waals surface area contributed by atoms with Crippen LogP contribution in [0.2, 0.25) is 0 Å². The summed E-state index contributed by atoms with van der Waals surface area (Å²) in [6.45, 7) is 6.92. The molecule has 0 saturated heterocycles. The van der Waals surface area contributed by atoms with Crippen molar-refractivity contribution in [1.29, 1.82) is 0 Å². The van der Waals surface area contributed by atoms with Crippen molar-refractivity contribution >= 4 is 48.6 Å². The Labute approximate surface area is 322 Å². The van der Waals surface area contributed by atoms with Gasteiger partial charge in [0.15, 0.2) is 0 Å². The lowest BCUT2D eigenvalue weighted by molar-refractivity contribution is 0.592. The number of rotatable bonds is 7. The number of nitrogens with zero attached hydrogens (tertiary/aromatic N) is 1. The summed E-state index contributed by atoms with van der Waals surface area (Å²) in [5.74, 6) is 0. The molecule has 1 nitrogen and oxygen atoms in total. The van der Waals surface area contributed by atoms with Crippen LogP contribution in [0.15, 0.2) is 194 Å². The third-order valence-corrected chi connectivity index (χ3v) is 11.6. The number of benzene rings is 8. The number of thiophene rings is 1. The molecule has 0 aliphatic rings. The molecule has 0 bridgehead atoms. The Balaban J connectivity index is 1.11. The van der Waals surface area contributed by atoms with Crippen LogP contribution in [0.5, 0.6) is 0 Å². The topological polar surface area (TPSA) is 3.24 Å². The monoisotopic (exact) mass is 711 g/mol. The van der Waals surface area contributed by atoms with Crippen molar-refractivity contribution in [1.82, 2.24) is 0 Å². The van der Waals surface area contributed by atoms with Gasteiger partial charge in [0, 0.05) is 37.2 Å². The van der Waals surface area contributed by atoms with Gasteiger partial charge in [-0.1, -0.05) is 166 Å². The van der Waals surface area contributed by atoms with E-state index < -0.39 is 0 Å². The van der Waals surface area contributed by atoms with Crippen molar-refractivity contribution in [2.24, 2.45) is 0 Å². The van der Waals surface area contributed by atoms with Crippen LogP contribution in [0.3, 0.4) is 0 Å². The molecule has 0 unspecified atom stereocenters. The predicted molar refractivity (Wildman–Crippen MR) is 234 cm³/mol. The lowest BCUT2D eigenvalue weighted by atomic mass is 9.80. The zero-order valence-electron chi connectivity index (χ0n) is 30.8. The van der Waals surface area contributed by atoms with E-state index in [1.165, 1.54) is 70.2 Å². The third-order valence-electron chi connectivity index (χ3n) is 10.4. The van der Waals surface area contributed by atoms with Crippen molar-refractivity contribution in [2.75, 3.05) is 4.90 Å². The highest BCUT2D eigenvalue weighted by atomic mass is 32.1. The van der Waals surface area contributed by atoms with Gasteiger partial charge < -0.3 is 4.90 Å². The summed E-state index contributed by atoms with van der Waals surface area (Å²) in [4.78, 5) is 2.37. The van der Waals surface area contributed by atoms with Crippen LogP contribution in [0.4, 0.5) is 17.1 Å². The third kappa shape index (κ3) is 6.40. The molecule has 0 aliphatic heterocycles. The molecule has 2 heteroatoms. The van der Waals surface area contributed by atoms with Crippen molar-refractivity contribution < 1.29 is 0 Å². The maximum Gasteiger partial charge on any atom is 0.0462 e. The van der Waals surface area contributed by atoms with Gasteiger partial charge in [0.2, 0.25) is 0 Å². The summed E-state index contributed by atoms with van der Waals surface area (Å²) in [6.07, 6.45) is 0. The summed E-state index contributed by atoms with van der Waals surface area (Å²) in [6, 6.07) is 70.7. The molecule has 9 rings (SSSR count). The maximum atomic E-state index is 2.38. The highest BCUT2D eigenvalue weighted by molar-refractivity contribution is 7.25. The number of anilines is 3. The van der Waals surface area contributed by atoms with Gasteiger partial charge in [0.05, 0.1) is 0 Å². The summed E-state index contributed by atoms with van der Waals surface area (Å²) in [5.41, 5.74) is 14.5. The zero-order chi connectivity index (χ0) is 36.6. The van der Waals surface area contributed by atoms with Crippen LogP contribution in [0.1, 0.15) is 26.3 Å². The van der Waals surface area contributed by atoms with E-state index in [0.29, 0.717) is 0 Å². The van der Waals surface area contributed by atoms with Crippen LogP contribution in [0, 0.1) is 0 Å². The molecule has 0 atom stereocenters. The molecule has 0 N–H and O–H groups in total. The van der Waals surface area contributed by atoms with E-state index in [9.17, 15) is 0 Å². The van der Waals surface area contributed by atoms with Crippen LogP contribution in [-0.4, -0.2) is 0 Å². The standard InChI is InChI=1S/C52H41NS/c1-52(2,3)48-35-41(37-15-8-5-9-16-37)27-34-45(48)39-23-30-43(31-24-39)53(42-28-21-38(22-29-42)36-13-6-4-7-14-36)44-32-25-40(26-33-44)46-18-12-20-50-51(46)47-17-10-11-19-49(47)54-50/h4-35H,1-3H3. The van der Waals surface area contributed by atoms with Gasteiger partial charge in [-0.2, -0.15) is 0 Å². The van der Waals surface area contributed by atoms with Crippen molar-refractivity contribution in [3.8, 4) is 44.5 Å². The van der Waals surface area contributed by atoms with Gasteiger partial charge in [-0.05, 0) is 104 Å². The fourth-order valence-electron chi connectivity index (χ4n) is 7.70. The van der Waals surface area contributed by atoms with E-state index >= 15 is 0 Å². The minimum Gasteiger partial charge on any atom is -0.311 e. The van der Waals surface area contributed by atoms with Gasteiger partial charge in [-0.3, -0.25) is 0 Å². The quantitative estimate of drug-likeness (QED) is 0.159. The average molecular weight is 712 g/mol. The first-order valence-electron chi connectivity index (χ1n) is 18.7. The molecule has 0 aliphatic carbocycles. The Bertz CT molecular complexity index is 2700. The first-order valence-corrected chi connectivity index (χ1v) is 19.5. The molecule has 0 radical (unpaired) electrons. The lowest BCUT2D eigenvalue weighted by Gasteiger charge is -2.27. The molecule has 0 fully saturated rings. The minimum atomic E-state index is -0.0211. The molecule has 0 amide bonds. The van der Waals surface area contributed by atoms with E-state index in [0.717, 1.165) is 17.1 Å². The Morgan fingerprint density at radius 3 is 1.43 bits per heavy atom. The fourth-order valence-corrected chi connectivity index (χ4v) is 8.83. The van der Waals surface area contributed by atoms with E-state index in [1.807, 2.05) is 11.3 Å². The van der Waals surface area contributed by atoms with E-state index in [-0.39, 0.29) is 5.41 Å². The number of fused-ring (bicyclic) bond motifs is 3. The largest absolute Gasteiger partial charge is 0.311 e. The van der Waals surface area contributed by atoms with Gasteiger partial charge in [-0.15, -0.1) is 11.3 Å². The van der Waals surface area contributed by atoms with Crippen LogP contribution in [-0.2, 0) is 5.41 Å². The molecular weight excluding hydrogens is 671 g/mol. The molecule has 1 heterocycles. The SMILES string of the molecule is CC(C)(C)c1cc(-c2ccccc2)ccc1-c1ccc(N(c2ccc(-c3ccccc3)cc2)c2ccc(-c3cccc4sc5ccccc5c34)cc2)cc1. The van der Waals surface area contributed by atoms with E-state index in [4.69, 9.17) is 0 Å². The first kappa shape index (κ1) is 33.6. The maximum absolute atomic E-state index is 2.38.